The van der Waals surface area contributed by atoms with Crippen molar-refractivity contribution < 1.29 is 31.7 Å². The van der Waals surface area contributed by atoms with Gasteiger partial charge in [-0.15, -0.1) is 11.3 Å². The van der Waals surface area contributed by atoms with E-state index in [2.05, 4.69) is 15.3 Å². The number of imidazole rings is 1. The van der Waals surface area contributed by atoms with Gasteiger partial charge < -0.3 is 20.2 Å². The highest BCUT2D eigenvalue weighted by Gasteiger charge is 2.39. The number of nitrogens with zero attached hydrogens (tertiary/aromatic N) is 4. The van der Waals surface area contributed by atoms with Gasteiger partial charge in [0.05, 0.1) is 10.6 Å². The van der Waals surface area contributed by atoms with E-state index in [1.807, 2.05) is 5.32 Å². The molecule has 0 bridgehead atoms. The molecule has 0 radical (unpaired) electrons. The average molecular weight is 565 g/mol. The number of rotatable bonds is 10. The van der Waals surface area contributed by atoms with Gasteiger partial charge in [0.2, 0.25) is 0 Å². The number of carbonyl (C=O) groups is 1. The van der Waals surface area contributed by atoms with Gasteiger partial charge in [-0.05, 0) is 28.7 Å². The minimum atomic E-state index is -3.94. The maximum atomic E-state index is 13.9. The van der Waals surface area contributed by atoms with E-state index in [-0.39, 0.29) is 29.0 Å². The monoisotopic (exact) mass is 564 g/mol. The van der Waals surface area contributed by atoms with Crippen LogP contribution < -0.4 is 10.6 Å². The van der Waals surface area contributed by atoms with Crippen LogP contribution in [-0.2, 0) is 21.1 Å². The van der Waals surface area contributed by atoms with E-state index in [4.69, 9.17) is 16.3 Å². The summed E-state index contributed by atoms with van der Waals surface area (Å²) in [6.07, 6.45) is -1.24. The summed E-state index contributed by atoms with van der Waals surface area (Å²) in [7, 11) is -3.38. The Morgan fingerprint density at radius 3 is 2.61 bits per heavy atom. The molecule has 2 aromatic heterocycles. The highest BCUT2D eigenvalue weighted by atomic mass is 35.5. The van der Waals surface area contributed by atoms with Gasteiger partial charge >= 0.3 is 17.3 Å². The highest BCUT2D eigenvalue weighted by molar-refractivity contribution is 7.90. The summed E-state index contributed by atoms with van der Waals surface area (Å²) in [4.78, 5) is 30.5. The smallest absolute Gasteiger partial charge is 0.409 e. The van der Waals surface area contributed by atoms with Gasteiger partial charge in [0, 0.05) is 24.1 Å². The van der Waals surface area contributed by atoms with Crippen LogP contribution in [0.15, 0.2) is 40.7 Å². The second-order valence-electron chi connectivity index (χ2n) is 7.31. The third-order valence-corrected chi connectivity index (χ3v) is 6.83. The SMILES string of the molecule is Cc1ncc([N+](=O)[O-])n1CCOC(=O)NC(Nc1nc(-c2ccc(S(C)(=O)=O)cc2)cs1)C(F)(F)Cl. The quantitative estimate of drug-likeness (QED) is 0.162. The van der Waals surface area contributed by atoms with Crippen molar-refractivity contribution in [2.45, 2.75) is 29.9 Å². The number of nitrogens with one attached hydrogen (secondary N) is 2. The Labute approximate surface area is 212 Å². The van der Waals surface area contributed by atoms with Crippen molar-refractivity contribution in [2.75, 3.05) is 18.2 Å². The molecule has 1 atom stereocenters. The molecule has 36 heavy (non-hydrogen) atoms. The number of thiazole rings is 1. The van der Waals surface area contributed by atoms with Crippen molar-refractivity contribution in [3.05, 3.63) is 51.8 Å². The van der Waals surface area contributed by atoms with E-state index >= 15 is 0 Å². The van der Waals surface area contributed by atoms with Gasteiger partial charge in [-0.1, -0.05) is 12.1 Å². The molecule has 3 rings (SSSR count). The van der Waals surface area contributed by atoms with E-state index in [1.54, 1.807) is 5.38 Å². The summed E-state index contributed by atoms with van der Waals surface area (Å²) in [5.74, 6) is -0.00282. The second kappa shape index (κ2) is 10.7. The molecule has 3 aromatic rings. The Morgan fingerprint density at radius 1 is 1.36 bits per heavy atom. The first-order valence-electron chi connectivity index (χ1n) is 9.95. The number of sulfone groups is 1. The van der Waals surface area contributed by atoms with E-state index in [0.717, 1.165) is 23.8 Å². The van der Waals surface area contributed by atoms with Crippen LogP contribution >= 0.6 is 22.9 Å². The van der Waals surface area contributed by atoms with Crippen molar-refractivity contribution in [2.24, 2.45) is 0 Å². The lowest BCUT2D eigenvalue weighted by atomic mass is 10.2. The summed E-state index contributed by atoms with van der Waals surface area (Å²) in [6.45, 7) is 1.03. The number of carbonyl (C=O) groups excluding carboxylic acids is 1. The normalized spacial score (nSPS) is 12.7. The van der Waals surface area contributed by atoms with Gasteiger partial charge in [-0.2, -0.15) is 8.78 Å². The summed E-state index contributed by atoms with van der Waals surface area (Å²) in [6, 6.07) is 5.82. The highest BCUT2D eigenvalue weighted by Crippen LogP contribution is 2.30. The number of aromatic nitrogens is 3. The largest absolute Gasteiger partial charge is 0.445 e. The summed E-state index contributed by atoms with van der Waals surface area (Å²) in [5, 5.41) is 12.8. The number of aryl methyl sites for hydroxylation is 1. The molecule has 12 nitrogen and oxygen atoms in total. The molecule has 0 spiro atoms. The minimum absolute atomic E-state index is 0.00696. The zero-order chi connectivity index (χ0) is 26.7. The molecule has 2 heterocycles. The van der Waals surface area contributed by atoms with Crippen molar-refractivity contribution in [3.63, 3.8) is 0 Å². The number of amides is 1. The topological polar surface area (TPSA) is 158 Å². The Kier molecular flexibility index (Phi) is 8.10. The maximum absolute atomic E-state index is 13.9. The first-order chi connectivity index (χ1) is 16.8. The maximum Gasteiger partial charge on any atom is 0.409 e. The van der Waals surface area contributed by atoms with Gasteiger partial charge in [0.1, 0.15) is 19.3 Å². The van der Waals surface area contributed by atoms with Crippen molar-refractivity contribution in [1.82, 2.24) is 19.9 Å². The van der Waals surface area contributed by atoms with Gasteiger partial charge in [0.25, 0.3) is 0 Å². The molecule has 0 saturated carbocycles. The molecule has 2 N–H and O–H groups in total. The molecule has 194 valence electrons. The fourth-order valence-electron chi connectivity index (χ4n) is 2.94. The molecular formula is C19H19ClF2N6O6S2. The lowest BCUT2D eigenvalue weighted by Gasteiger charge is -2.23. The van der Waals surface area contributed by atoms with E-state index in [0.29, 0.717) is 17.1 Å². The van der Waals surface area contributed by atoms with Crippen molar-refractivity contribution >= 4 is 49.8 Å². The fraction of sp³-hybridized carbons (Fsp3) is 0.316. The minimum Gasteiger partial charge on any atom is -0.445 e. The molecule has 1 unspecified atom stereocenters. The van der Waals surface area contributed by atoms with Gasteiger partial charge in [-0.25, -0.2) is 27.7 Å². The Hall–Kier alpha value is -3.37. The molecule has 0 saturated heterocycles. The number of alkyl halides is 3. The number of hydrogen-bond donors (Lipinski definition) is 2. The van der Waals surface area contributed by atoms with Crippen LogP contribution in [0.25, 0.3) is 11.3 Å². The molecule has 0 fully saturated rings. The lowest BCUT2D eigenvalue weighted by molar-refractivity contribution is -0.392. The Morgan fingerprint density at radius 2 is 2.03 bits per heavy atom. The number of hydrogen-bond acceptors (Lipinski definition) is 10. The van der Waals surface area contributed by atoms with Crippen LogP contribution in [0.2, 0.25) is 0 Å². The first kappa shape index (κ1) is 27.2. The Balaban J connectivity index is 1.62. The van der Waals surface area contributed by atoms with Crippen molar-refractivity contribution in [3.8, 4) is 11.3 Å². The lowest BCUT2D eigenvalue weighted by Crippen LogP contribution is -2.50. The first-order valence-corrected chi connectivity index (χ1v) is 13.1. The molecule has 17 heteroatoms. The Bertz CT molecular complexity index is 1360. The van der Waals surface area contributed by atoms with Crippen LogP contribution in [-0.4, -0.2) is 58.4 Å². The number of anilines is 1. The molecule has 0 aliphatic rings. The van der Waals surface area contributed by atoms with Crippen LogP contribution in [0.5, 0.6) is 0 Å². The third-order valence-electron chi connectivity index (χ3n) is 4.71. The van der Waals surface area contributed by atoms with E-state index in [9.17, 15) is 32.1 Å². The summed E-state index contributed by atoms with van der Waals surface area (Å²) in [5.41, 5.74) is 0.913. The predicted molar refractivity (Wildman–Crippen MR) is 127 cm³/mol. The zero-order valence-corrected chi connectivity index (χ0v) is 21.0. The summed E-state index contributed by atoms with van der Waals surface area (Å²) >= 11 is 6.08. The zero-order valence-electron chi connectivity index (χ0n) is 18.6. The number of alkyl carbamates (subject to hydrolysis) is 1. The molecule has 0 aliphatic heterocycles. The van der Waals surface area contributed by atoms with Crippen LogP contribution in [0.1, 0.15) is 5.82 Å². The van der Waals surface area contributed by atoms with Crippen LogP contribution in [0.4, 0.5) is 24.5 Å². The van der Waals surface area contributed by atoms with Gasteiger partial charge in [0.15, 0.2) is 27.0 Å². The van der Waals surface area contributed by atoms with Gasteiger partial charge in [-0.3, -0.25) is 5.32 Å². The average Bonchev–Trinajstić information content (AvgIpc) is 3.39. The fourth-order valence-corrected chi connectivity index (χ4v) is 4.42. The predicted octanol–water partition coefficient (Wildman–Crippen LogP) is 3.62. The van der Waals surface area contributed by atoms with E-state index in [1.165, 1.54) is 35.8 Å². The second-order valence-corrected chi connectivity index (χ2v) is 10.7. The molecule has 0 aliphatic carbocycles. The standard InChI is InChI=1S/C19H19ClF2N6O6S2/c1-11-23-9-15(28(30)31)27(11)7-8-34-18(29)26-16(19(20,21)22)25-17-24-14(10-35-17)12-3-5-13(6-4-12)36(2,32)33/h3-6,9-10,16H,7-8H2,1-2H3,(H,24,25)(H,26,29). The number of benzene rings is 1. The number of ether oxygens (including phenoxy) is 1. The number of halogens is 3. The van der Waals surface area contributed by atoms with Crippen LogP contribution in [0, 0.1) is 17.0 Å². The van der Waals surface area contributed by atoms with Crippen molar-refractivity contribution in [1.29, 1.82) is 0 Å². The molecule has 1 amide bonds. The number of nitro groups is 1. The van der Waals surface area contributed by atoms with Crippen LogP contribution in [0.3, 0.4) is 0 Å². The molecule has 1 aromatic carbocycles. The summed E-state index contributed by atoms with van der Waals surface area (Å²) < 4.78 is 57.1. The molecular weight excluding hydrogens is 546 g/mol. The third kappa shape index (κ3) is 6.86. The van der Waals surface area contributed by atoms with E-state index < -0.39 is 32.4 Å².